The highest BCUT2D eigenvalue weighted by molar-refractivity contribution is 9.10. The molecule has 0 radical (unpaired) electrons. The van der Waals surface area contributed by atoms with Crippen LogP contribution < -0.4 is 14.8 Å². The zero-order valence-corrected chi connectivity index (χ0v) is 17.6. The van der Waals surface area contributed by atoms with Gasteiger partial charge in [-0.2, -0.15) is 0 Å². The average molecular weight is 471 g/mol. The van der Waals surface area contributed by atoms with Gasteiger partial charge in [0.1, 0.15) is 12.4 Å². The summed E-state index contributed by atoms with van der Waals surface area (Å²) in [7, 11) is 1.75. The van der Waals surface area contributed by atoms with E-state index in [2.05, 4.69) is 36.8 Å². The molecule has 3 rings (SSSR count). The van der Waals surface area contributed by atoms with Crippen molar-refractivity contribution in [2.45, 2.75) is 20.1 Å². The number of rotatable bonds is 8. The number of aryl methyl sites for hydroxylation is 1. The zero-order valence-electron chi connectivity index (χ0n) is 15.2. The van der Waals surface area contributed by atoms with Crippen LogP contribution in [0.5, 0.6) is 11.5 Å². The van der Waals surface area contributed by atoms with E-state index in [0.717, 1.165) is 10.0 Å². The third kappa shape index (κ3) is 4.90. The number of ether oxygens (including phenoxy) is 2. The highest BCUT2D eigenvalue weighted by Crippen LogP contribution is 2.38. The molecule has 1 N–H and O–H groups in total. The van der Waals surface area contributed by atoms with Gasteiger partial charge in [-0.25, -0.2) is 9.07 Å². The molecule has 1 heterocycles. The Balaban J connectivity index is 1.77. The van der Waals surface area contributed by atoms with Crippen LogP contribution in [0.3, 0.4) is 0 Å². The first-order valence-electron chi connectivity index (χ1n) is 8.46. The lowest BCUT2D eigenvalue weighted by molar-refractivity contribution is 0.267. The molecule has 0 spiro atoms. The normalized spacial score (nSPS) is 10.8. The summed E-state index contributed by atoms with van der Waals surface area (Å²) in [6, 6.07) is 8.00. The summed E-state index contributed by atoms with van der Waals surface area (Å²) in [4.78, 5) is 0. The molecule has 0 saturated carbocycles. The molecule has 0 fully saturated rings. The molecule has 0 aliphatic carbocycles. The number of halogens is 3. The fourth-order valence-corrected chi connectivity index (χ4v) is 3.30. The highest BCUT2D eigenvalue weighted by atomic mass is 79.9. The van der Waals surface area contributed by atoms with Crippen LogP contribution in [-0.2, 0) is 20.2 Å². The maximum absolute atomic E-state index is 13.2. The first kappa shape index (κ1) is 20.3. The number of tetrazole rings is 1. The van der Waals surface area contributed by atoms with Crippen LogP contribution in [-0.4, -0.2) is 26.8 Å². The Labute approximate surface area is 174 Å². The van der Waals surface area contributed by atoms with Crippen molar-refractivity contribution in [2.75, 3.05) is 11.9 Å². The van der Waals surface area contributed by atoms with Gasteiger partial charge in [0, 0.05) is 19.2 Å². The van der Waals surface area contributed by atoms with Crippen LogP contribution in [0.25, 0.3) is 0 Å². The monoisotopic (exact) mass is 469 g/mol. The minimum absolute atomic E-state index is 0.181. The molecule has 10 heteroatoms. The van der Waals surface area contributed by atoms with Gasteiger partial charge < -0.3 is 14.8 Å². The minimum Gasteiger partial charge on any atom is -0.490 e. The molecule has 0 atom stereocenters. The number of nitrogens with one attached hydrogen (secondary N) is 1. The Morgan fingerprint density at radius 3 is 2.75 bits per heavy atom. The van der Waals surface area contributed by atoms with Crippen molar-refractivity contribution in [3.63, 3.8) is 0 Å². The second-order valence-corrected chi connectivity index (χ2v) is 7.10. The fraction of sp³-hybridized carbons (Fsp3) is 0.278. The van der Waals surface area contributed by atoms with Crippen molar-refractivity contribution in [3.05, 3.63) is 56.8 Å². The van der Waals surface area contributed by atoms with E-state index in [4.69, 9.17) is 21.1 Å². The van der Waals surface area contributed by atoms with Crippen molar-refractivity contribution in [1.82, 2.24) is 20.2 Å². The van der Waals surface area contributed by atoms with E-state index in [-0.39, 0.29) is 12.4 Å². The topological polar surface area (TPSA) is 74.1 Å². The van der Waals surface area contributed by atoms with E-state index in [9.17, 15) is 4.39 Å². The lowest BCUT2D eigenvalue weighted by atomic mass is 10.2. The molecule has 0 amide bonds. The van der Waals surface area contributed by atoms with Crippen LogP contribution in [0.15, 0.2) is 34.8 Å². The molecule has 3 aromatic rings. The van der Waals surface area contributed by atoms with Gasteiger partial charge in [-0.3, -0.25) is 0 Å². The van der Waals surface area contributed by atoms with Crippen LogP contribution >= 0.6 is 27.5 Å². The standard InChI is InChI=1S/C18H18BrClFN5O2/c1-3-27-16-7-11(9-22-18-23-24-25-26(18)2)6-14(19)17(16)28-10-12-4-5-13(21)8-15(12)20/h4-8H,3,9-10H2,1-2H3,(H,22,23,25). The predicted molar refractivity (Wildman–Crippen MR) is 107 cm³/mol. The molecule has 0 aliphatic rings. The van der Waals surface area contributed by atoms with E-state index in [1.54, 1.807) is 17.8 Å². The van der Waals surface area contributed by atoms with Gasteiger partial charge in [-0.05, 0) is 63.1 Å². The molecule has 0 saturated heterocycles. The van der Waals surface area contributed by atoms with Gasteiger partial charge in [-0.1, -0.05) is 22.8 Å². The molecule has 0 bridgehead atoms. The van der Waals surface area contributed by atoms with E-state index < -0.39 is 0 Å². The molecular weight excluding hydrogens is 453 g/mol. The fourth-order valence-electron chi connectivity index (χ4n) is 2.48. The van der Waals surface area contributed by atoms with Gasteiger partial charge in [-0.15, -0.1) is 0 Å². The Kier molecular flexibility index (Phi) is 6.69. The second kappa shape index (κ2) is 9.20. The molecule has 0 unspecified atom stereocenters. The Morgan fingerprint density at radius 2 is 2.07 bits per heavy atom. The zero-order chi connectivity index (χ0) is 20.1. The largest absolute Gasteiger partial charge is 0.490 e. The number of benzene rings is 2. The van der Waals surface area contributed by atoms with Crippen LogP contribution in [0.2, 0.25) is 5.02 Å². The SMILES string of the molecule is CCOc1cc(CNc2nnnn2C)cc(Br)c1OCc1ccc(F)cc1Cl. The van der Waals surface area contributed by atoms with Crippen LogP contribution in [0.1, 0.15) is 18.1 Å². The Morgan fingerprint density at radius 1 is 1.25 bits per heavy atom. The summed E-state index contributed by atoms with van der Waals surface area (Å²) >= 11 is 9.61. The number of nitrogens with zero attached hydrogens (tertiary/aromatic N) is 4. The lowest BCUT2D eigenvalue weighted by Gasteiger charge is -2.16. The maximum atomic E-state index is 13.2. The van der Waals surface area contributed by atoms with Crippen molar-refractivity contribution in [3.8, 4) is 11.5 Å². The minimum atomic E-state index is -0.389. The van der Waals surface area contributed by atoms with Crippen molar-refractivity contribution in [2.24, 2.45) is 7.05 Å². The maximum Gasteiger partial charge on any atom is 0.242 e. The van der Waals surface area contributed by atoms with Gasteiger partial charge >= 0.3 is 0 Å². The molecule has 148 valence electrons. The smallest absolute Gasteiger partial charge is 0.242 e. The Hall–Kier alpha value is -2.39. The third-order valence-electron chi connectivity index (χ3n) is 3.83. The van der Waals surface area contributed by atoms with E-state index >= 15 is 0 Å². The van der Waals surface area contributed by atoms with Crippen molar-refractivity contribution >= 4 is 33.5 Å². The predicted octanol–water partition coefficient (Wildman–Crippen LogP) is 4.35. The van der Waals surface area contributed by atoms with Crippen LogP contribution in [0.4, 0.5) is 10.3 Å². The van der Waals surface area contributed by atoms with Gasteiger partial charge in [0.25, 0.3) is 0 Å². The molecule has 28 heavy (non-hydrogen) atoms. The summed E-state index contributed by atoms with van der Waals surface area (Å²) in [6.45, 7) is 3.05. The molecule has 1 aromatic heterocycles. The summed E-state index contributed by atoms with van der Waals surface area (Å²) in [5.41, 5.74) is 1.63. The number of aromatic nitrogens is 4. The van der Waals surface area contributed by atoms with Crippen LogP contribution in [0, 0.1) is 5.82 Å². The van der Waals surface area contributed by atoms with Gasteiger partial charge in [0.2, 0.25) is 5.95 Å². The lowest BCUT2D eigenvalue weighted by Crippen LogP contribution is -2.07. The summed E-state index contributed by atoms with van der Waals surface area (Å²) in [5, 5.41) is 14.7. The van der Waals surface area contributed by atoms with E-state index in [1.807, 2.05) is 19.1 Å². The summed E-state index contributed by atoms with van der Waals surface area (Å²) in [6.07, 6.45) is 0. The Bertz CT molecular complexity index is 969. The summed E-state index contributed by atoms with van der Waals surface area (Å²) < 4.78 is 27.1. The summed E-state index contributed by atoms with van der Waals surface area (Å²) in [5.74, 6) is 1.30. The quantitative estimate of drug-likeness (QED) is 0.527. The number of hydrogen-bond donors (Lipinski definition) is 1. The molecule has 2 aromatic carbocycles. The van der Waals surface area contributed by atoms with Crippen molar-refractivity contribution < 1.29 is 13.9 Å². The molecule has 7 nitrogen and oxygen atoms in total. The van der Waals surface area contributed by atoms with Gasteiger partial charge in [0.15, 0.2) is 11.5 Å². The average Bonchev–Trinajstić information content (AvgIpc) is 3.06. The number of hydrogen-bond acceptors (Lipinski definition) is 6. The highest BCUT2D eigenvalue weighted by Gasteiger charge is 2.14. The number of anilines is 1. The first-order chi connectivity index (χ1) is 13.5. The van der Waals surface area contributed by atoms with E-state index in [0.29, 0.717) is 41.2 Å². The van der Waals surface area contributed by atoms with Crippen molar-refractivity contribution in [1.29, 1.82) is 0 Å². The second-order valence-electron chi connectivity index (χ2n) is 5.84. The van der Waals surface area contributed by atoms with E-state index in [1.165, 1.54) is 12.1 Å². The first-order valence-corrected chi connectivity index (χ1v) is 9.63. The molecular formula is C18H18BrClFN5O2. The third-order valence-corrected chi connectivity index (χ3v) is 4.77. The molecule has 0 aliphatic heterocycles. The van der Waals surface area contributed by atoms with Gasteiger partial charge in [0.05, 0.1) is 16.1 Å².